The average molecular weight is 292 g/mol. The van der Waals surface area contributed by atoms with Crippen LogP contribution in [0.5, 0.6) is 0 Å². The molecule has 2 heterocycles. The summed E-state index contributed by atoms with van der Waals surface area (Å²) in [5.74, 6) is 1.81. The third kappa shape index (κ3) is 4.93. The van der Waals surface area contributed by atoms with Crippen LogP contribution in [0.1, 0.15) is 50.5 Å². The number of aryl methyl sites for hydroxylation is 1. The summed E-state index contributed by atoms with van der Waals surface area (Å²) in [5, 5.41) is 12.6. The fourth-order valence-corrected chi connectivity index (χ4v) is 2.97. The molecule has 1 fully saturated rings. The van der Waals surface area contributed by atoms with Gasteiger partial charge < -0.3 is 10.4 Å². The van der Waals surface area contributed by atoms with Crippen LogP contribution in [0.25, 0.3) is 0 Å². The molecular formula is C16H28N4O. The van der Waals surface area contributed by atoms with Crippen molar-refractivity contribution in [3.8, 4) is 0 Å². The van der Waals surface area contributed by atoms with Crippen molar-refractivity contribution in [3.05, 3.63) is 17.6 Å². The molecule has 0 radical (unpaired) electrons. The molecule has 1 unspecified atom stereocenters. The van der Waals surface area contributed by atoms with E-state index in [1.807, 2.05) is 13.0 Å². The highest BCUT2D eigenvalue weighted by atomic mass is 16.3. The van der Waals surface area contributed by atoms with E-state index in [0.29, 0.717) is 6.04 Å². The van der Waals surface area contributed by atoms with Crippen molar-refractivity contribution in [3.63, 3.8) is 0 Å². The molecule has 0 saturated carbocycles. The molecule has 21 heavy (non-hydrogen) atoms. The summed E-state index contributed by atoms with van der Waals surface area (Å²) in [5.41, 5.74) is 1.01. The molecule has 1 aliphatic heterocycles. The highest BCUT2D eigenvalue weighted by molar-refractivity contribution is 5.35. The molecule has 0 amide bonds. The van der Waals surface area contributed by atoms with Crippen LogP contribution in [0.4, 0.5) is 5.82 Å². The van der Waals surface area contributed by atoms with Gasteiger partial charge in [0, 0.05) is 31.0 Å². The monoisotopic (exact) mass is 292 g/mol. The third-order valence-electron chi connectivity index (χ3n) is 4.01. The van der Waals surface area contributed by atoms with E-state index in [-0.39, 0.29) is 6.61 Å². The van der Waals surface area contributed by atoms with Crippen LogP contribution in [0.15, 0.2) is 6.07 Å². The van der Waals surface area contributed by atoms with Crippen molar-refractivity contribution < 1.29 is 5.11 Å². The van der Waals surface area contributed by atoms with Gasteiger partial charge in [-0.2, -0.15) is 0 Å². The van der Waals surface area contributed by atoms with E-state index in [4.69, 9.17) is 0 Å². The lowest BCUT2D eigenvalue weighted by atomic mass is 10.00. The Morgan fingerprint density at radius 2 is 2.24 bits per heavy atom. The maximum absolute atomic E-state index is 9.22. The van der Waals surface area contributed by atoms with Crippen molar-refractivity contribution in [2.24, 2.45) is 0 Å². The van der Waals surface area contributed by atoms with Crippen molar-refractivity contribution in [2.45, 2.75) is 58.5 Å². The fraction of sp³-hybridized carbons (Fsp3) is 0.750. The third-order valence-corrected chi connectivity index (χ3v) is 4.01. The number of hydrogen-bond acceptors (Lipinski definition) is 5. The second-order valence-electron chi connectivity index (χ2n) is 5.87. The lowest BCUT2D eigenvalue weighted by Crippen LogP contribution is -2.39. The van der Waals surface area contributed by atoms with Crippen molar-refractivity contribution in [2.75, 3.05) is 25.0 Å². The smallest absolute Gasteiger partial charge is 0.144 e. The lowest BCUT2D eigenvalue weighted by molar-refractivity contribution is 0.110. The average Bonchev–Trinajstić information content (AvgIpc) is 2.47. The summed E-state index contributed by atoms with van der Waals surface area (Å²) in [4.78, 5) is 11.6. The van der Waals surface area contributed by atoms with Crippen molar-refractivity contribution in [1.82, 2.24) is 14.9 Å². The Balaban J connectivity index is 2.04. The van der Waals surface area contributed by atoms with Gasteiger partial charge in [0.25, 0.3) is 0 Å². The number of aliphatic hydroxyl groups is 1. The molecule has 0 spiro atoms. The summed E-state index contributed by atoms with van der Waals surface area (Å²) >= 11 is 0. The number of nitrogens with zero attached hydrogens (tertiary/aromatic N) is 3. The Kier molecular flexibility index (Phi) is 6.39. The van der Waals surface area contributed by atoms with E-state index in [1.165, 1.54) is 19.3 Å². The number of piperidine rings is 1. The van der Waals surface area contributed by atoms with Gasteiger partial charge in [-0.05, 0) is 39.2 Å². The van der Waals surface area contributed by atoms with Gasteiger partial charge in [0.05, 0.1) is 6.54 Å². The lowest BCUT2D eigenvalue weighted by Gasteiger charge is -2.35. The van der Waals surface area contributed by atoms with Crippen LogP contribution < -0.4 is 5.32 Å². The van der Waals surface area contributed by atoms with Crippen LogP contribution in [0, 0.1) is 6.92 Å². The zero-order valence-corrected chi connectivity index (χ0v) is 13.3. The van der Waals surface area contributed by atoms with Gasteiger partial charge in [-0.25, -0.2) is 9.97 Å². The van der Waals surface area contributed by atoms with Gasteiger partial charge in [0.2, 0.25) is 0 Å². The molecule has 1 atom stereocenters. The normalized spacial score (nSPS) is 19.7. The molecular weight excluding hydrogens is 264 g/mol. The molecule has 0 aliphatic carbocycles. The van der Waals surface area contributed by atoms with Gasteiger partial charge in [-0.15, -0.1) is 0 Å². The number of rotatable bonds is 7. The topological polar surface area (TPSA) is 61.3 Å². The minimum absolute atomic E-state index is 0.263. The van der Waals surface area contributed by atoms with E-state index in [9.17, 15) is 5.11 Å². The number of hydrogen-bond donors (Lipinski definition) is 2. The van der Waals surface area contributed by atoms with E-state index < -0.39 is 0 Å². The Morgan fingerprint density at radius 3 is 3.00 bits per heavy atom. The van der Waals surface area contributed by atoms with Gasteiger partial charge >= 0.3 is 0 Å². The summed E-state index contributed by atoms with van der Waals surface area (Å²) in [6, 6.07) is 2.47. The molecule has 2 N–H and O–H groups in total. The summed E-state index contributed by atoms with van der Waals surface area (Å²) in [7, 11) is 0. The predicted octanol–water partition coefficient (Wildman–Crippen LogP) is 2.34. The zero-order valence-electron chi connectivity index (χ0n) is 13.3. The SMILES string of the molecule is CCCNc1cc(C)nc(CN2CCCCC2CCO)n1. The second kappa shape index (κ2) is 8.29. The first kappa shape index (κ1) is 16.2. The molecule has 5 nitrogen and oxygen atoms in total. The first-order valence-corrected chi connectivity index (χ1v) is 8.16. The van der Waals surface area contributed by atoms with Crippen LogP contribution >= 0.6 is 0 Å². The predicted molar refractivity (Wildman–Crippen MR) is 85.3 cm³/mol. The van der Waals surface area contributed by atoms with Crippen LogP contribution in [-0.2, 0) is 6.54 Å². The second-order valence-corrected chi connectivity index (χ2v) is 5.87. The highest BCUT2D eigenvalue weighted by Gasteiger charge is 2.22. The maximum atomic E-state index is 9.22. The molecule has 1 aromatic rings. The summed E-state index contributed by atoms with van der Waals surface area (Å²) in [6.45, 7) is 7.23. The number of likely N-dealkylation sites (tertiary alicyclic amines) is 1. The summed E-state index contributed by atoms with van der Waals surface area (Å²) < 4.78 is 0. The Labute approximate surface area is 127 Å². The van der Waals surface area contributed by atoms with E-state index >= 15 is 0 Å². The van der Waals surface area contributed by atoms with Crippen molar-refractivity contribution >= 4 is 5.82 Å². The largest absolute Gasteiger partial charge is 0.396 e. The number of anilines is 1. The minimum atomic E-state index is 0.263. The maximum Gasteiger partial charge on any atom is 0.144 e. The zero-order chi connectivity index (χ0) is 15.1. The molecule has 0 aromatic carbocycles. The highest BCUT2D eigenvalue weighted by Crippen LogP contribution is 2.21. The van der Waals surface area contributed by atoms with Crippen LogP contribution in [-0.4, -0.2) is 45.7 Å². The molecule has 5 heteroatoms. The quantitative estimate of drug-likeness (QED) is 0.808. The van der Waals surface area contributed by atoms with Crippen molar-refractivity contribution in [1.29, 1.82) is 0 Å². The number of nitrogens with one attached hydrogen (secondary N) is 1. The minimum Gasteiger partial charge on any atom is -0.396 e. The van der Waals surface area contributed by atoms with Gasteiger partial charge in [0.15, 0.2) is 0 Å². The Hall–Kier alpha value is -1.20. The molecule has 118 valence electrons. The molecule has 2 rings (SSSR count). The fourth-order valence-electron chi connectivity index (χ4n) is 2.97. The van der Waals surface area contributed by atoms with Gasteiger partial charge in [-0.1, -0.05) is 13.3 Å². The summed E-state index contributed by atoms with van der Waals surface area (Å²) in [6.07, 6.45) is 5.61. The van der Waals surface area contributed by atoms with Crippen LogP contribution in [0.2, 0.25) is 0 Å². The number of aliphatic hydroxyl groups excluding tert-OH is 1. The van der Waals surface area contributed by atoms with E-state index in [2.05, 4.69) is 27.1 Å². The van der Waals surface area contributed by atoms with E-state index in [0.717, 1.165) is 49.8 Å². The van der Waals surface area contributed by atoms with Gasteiger partial charge in [0.1, 0.15) is 11.6 Å². The Morgan fingerprint density at radius 1 is 1.38 bits per heavy atom. The molecule has 1 aliphatic rings. The Bertz CT molecular complexity index is 436. The van der Waals surface area contributed by atoms with Crippen LogP contribution in [0.3, 0.4) is 0 Å². The molecule has 0 bridgehead atoms. The van der Waals surface area contributed by atoms with E-state index in [1.54, 1.807) is 0 Å². The molecule has 1 saturated heterocycles. The first-order valence-electron chi connectivity index (χ1n) is 8.16. The first-order chi connectivity index (χ1) is 10.2. The van der Waals surface area contributed by atoms with Gasteiger partial charge in [-0.3, -0.25) is 4.90 Å². The molecule has 1 aromatic heterocycles. The standard InChI is InChI=1S/C16H28N4O/c1-3-8-17-15-11-13(2)18-16(19-15)12-20-9-5-4-6-14(20)7-10-21/h11,14,21H,3-10,12H2,1-2H3,(H,17,18,19). The number of aromatic nitrogens is 2.